The molecule has 0 aliphatic rings. The number of benzene rings is 1. The van der Waals surface area contributed by atoms with Crippen LogP contribution in [-0.2, 0) is 9.47 Å². The zero-order valence-corrected chi connectivity index (χ0v) is 12.9. The number of halogens is 2. The highest BCUT2D eigenvalue weighted by Gasteiger charge is 2.18. The van der Waals surface area contributed by atoms with Gasteiger partial charge in [-0.15, -0.1) is 0 Å². The molecule has 0 fully saturated rings. The molecule has 1 N–H and O–H groups in total. The summed E-state index contributed by atoms with van der Waals surface area (Å²) in [4.78, 5) is 23.0. The summed E-state index contributed by atoms with van der Waals surface area (Å²) in [7, 11) is 1.27. The normalized spacial score (nSPS) is 9.78. The number of amides is 1. The number of carbonyl (C=O) groups is 2. The molecule has 0 bridgehead atoms. The van der Waals surface area contributed by atoms with Gasteiger partial charge in [0.1, 0.15) is 0 Å². The number of ether oxygens (including phenoxy) is 2. The van der Waals surface area contributed by atoms with E-state index in [1.807, 2.05) is 0 Å². The second-order valence-corrected chi connectivity index (χ2v) is 4.92. The van der Waals surface area contributed by atoms with Crippen LogP contribution >= 0.6 is 31.9 Å². The Morgan fingerprint density at radius 3 is 2.56 bits per heavy atom. The van der Waals surface area contributed by atoms with Gasteiger partial charge in [-0.1, -0.05) is 15.9 Å². The fourth-order valence-electron chi connectivity index (χ4n) is 1.24. The molecular weight excluding hydrogens is 370 g/mol. The van der Waals surface area contributed by atoms with Crippen LogP contribution in [0.15, 0.2) is 21.1 Å². The van der Waals surface area contributed by atoms with Gasteiger partial charge in [0.05, 0.1) is 25.0 Å². The molecule has 7 heteroatoms. The maximum atomic E-state index is 11.6. The zero-order valence-electron chi connectivity index (χ0n) is 9.75. The average Bonchev–Trinajstić information content (AvgIpc) is 2.31. The molecule has 5 nitrogen and oxygen atoms in total. The van der Waals surface area contributed by atoms with Gasteiger partial charge in [-0.25, -0.2) is 9.59 Å². The average molecular weight is 381 g/mol. The molecule has 0 spiro atoms. The van der Waals surface area contributed by atoms with Crippen molar-refractivity contribution >= 4 is 49.6 Å². The maximum absolute atomic E-state index is 11.6. The molecule has 0 saturated carbocycles. The Balaban J connectivity index is 3.15. The van der Waals surface area contributed by atoms with Crippen molar-refractivity contribution in [2.24, 2.45) is 0 Å². The number of methoxy groups -OCH3 is 1. The standard InChI is InChI=1S/C11H11Br2NO4/c1-3-18-11(16)14-9-7(10(15)17-2)4-6(12)5-8(9)13/h4-5H,3H2,1-2H3,(H,14,16). The molecule has 0 radical (unpaired) electrons. The fourth-order valence-corrected chi connectivity index (χ4v) is 2.57. The Bertz CT molecular complexity index is 476. The van der Waals surface area contributed by atoms with Crippen LogP contribution in [0.25, 0.3) is 0 Å². The number of rotatable bonds is 3. The molecule has 1 aromatic carbocycles. The summed E-state index contributed by atoms with van der Waals surface area (Å²) in [6, 6.07) is 3.26. The minimum absolute atomic E-state index is 0.229. The summed E-state index contributed by atoms with van der Waals surface area (Å²) in [5.74, 6) is -0.552. The number of carbonyl (C=O) groups excluding carboxylic acids is 2. The van der Waals surface area contributed by atoms with Gasteiger partial charge in [0.15, 0.2) is 0 Å². The first kappa shape index (κ1) is 15.0. The number of nitrogens with one attached hydrogen (secondary N) is 1. The Labute approximate surface area is 121 Å². The van der Waals surface area contributed by atoms with Crippen LogP contribution < -0.4 is 5.32 Å². The molecule has 0 aliphatic heterocycles. The minimum atomic E-state index is -0.634. The molecule has 0 aromatic heterocycles. The zero-order chi connectivity index (χ0) is 13.7. The van der Waals surface area contributed by atoms with Gasteiger partial charge in [-0.3, -0.25) is 5.32 Å². The van der Waals surface area contributed by atoms with E-state index in [0.29, 0.717) is 14.6 Å². The number of hydrogen-bond acceptors (Lipinski definition) is 4. The largest absolute Gasteiger partial charge is 0.465 e. The van der Waals surface area contributed by atoms with Gasteiger partial charge >= 0.3 is 12.1 Å². The molecule has 0 aliphatic carbocycles. The molecule has 0 atom stereocenters. The Kier molecular flexibility index (Phi) is 5.61. The second-order valence-electron chi connectivity index (χ2n) is 3.15. The Hall–Kier alpha value is -1.08. The third-order valence-electron chi connectivity index (χ3n) is 1.96. The fraction of sp³-hybridized carbons (Fsp3) is 0.273. The predicted octanol–water partition coefficient (Wildman–Crippen LogP) is 3.57. The number of anilines is 1. The number of hydrogen-bond donors (Lipinski definition) is 1. The van der Waals surface area contributed by atoms with Crippen LogP contribution in [0.1, 0.15) is 17.3 Å². The summed E-state index contributed by atoms with van der Waals surface area (Å²) in [5.41, 5.74) is 0.537. The molecule has 1 amide bonds. The second kappa shape index (κ2) is 6.75. The van der Waals surface area contributed by atoms with Crippen molar-refractivity contribution in [2.75, 3.05) is 19.0 Å². The van der Waals surface area contributed by atoms with Crippen molar-refractivity contribution < 1.29 is 19.1 Å². The molecule has 0 saturated heterocycles. The molecule has 18 heavy (non-hydrogen) atoms. The third-order valence-corrected chi connectivity index (χ3v) is 3.05. The van der Waals surface area contributed by atoms with Gasteiger partial charge in [0.2, 0.25) is 0 Å². The summed E-state index contributed by atoms with van der Waals surface area (Å²) in [6.45, 7) is 1.94. The van der Waals surface area contributed by atoms with E-state index in [1.165, 1.54) is 7.11 Å². The van der Waals surface area contributed by atoms with Crippen molar-refractivity contribution in [3.8, 4) is 0 Å². The first-order valence-electron chi connectivity index (χ1n) is 5.00. The minimum Gasteiger partial charge on any atom is -0.465 e. The van der Waals surface area contributed by atoms with Gasteiger partial charge in [0.25, 0.3) is 0 Å². The van der Waals surface area contributed by atoms with Gasteiger partial charge in [-0.05, 0) is 35.0 Å². The molecule has 0 heterocycles. The monoisotopic (exact) mass is 379 g/mol. The third kappa shape index (κ3) is 3.71. The Morgan fingerprint density at radius 1 is 1.33 bits per heavy atom. The lowest BCUT2D eigenvalue weighted by Gasteiger charge is -2.12. The summed E-state index contributed by atoms with van der Waals surface area (Å²) in [5, 5.41) is 2.49. The summed E-state index contributed by atoms with van der Waals surface area (Å²) >= 11 is 6.53. The molecule has 0 unspecified atom stereocenters. The van der Waals surface area contributed by atoms with Crippen LogP contribution in [-0.4, -0.2) is 25.8 Å². The number of esters is 1. The van der Waals surface area contributed by atoms with E-state index in [1.54, 1.807) is 19.1 Å². The van der Waals surface area contributed by atoms with E-state index in [9.17, 15) is 9.59 Å². The Morgan fingerprint density at radius 2 is 2.00 bits per heavy atom. The van der Waals surface area contributed by atoms with E-state index in [4.69, 9.17) is 4.74 Å². The van der Waals surface area contributed by atoms with E-state index in [2.05, 4.69) is 41.9 Å². The van der Waals surface area contributed by atoms with Crippen molar-refractivity contribution in [1.29, 1.82) is 0 Å². The van der Waals surface area contributed by atoms with Crippen LogP contribution in [0.2, 0.25) is 0 Å². The van der Waals surface area contributed by atoms with Gasteiger partial charge < -0.3 is 9.47 Å². The van der Waals surface area contributed by atoms with Crippen molar-refractivity contribution in [2.45, 2.75) is 6.92 Å². The topological polar surface area (TPSA) is 64.6 Å². The lowest BCUT2D eigenvalue weighted by Crippen LogP contribution is -2.17. The van der Waals surface area contributed by atoms with Crippen LogP contribution in [0, 0.1) is 0 Å². The van der Waals surface area contributed by atoms with E-state index >= 15 is 0 Å². The van der Waals surface area contributed by atoms with E-state index < -0.39 is 12.1 Å². The first-order valence-corrected chi connectivity index (χ1v) is 6.59. The quantitative estimate of drug-likeness (QED) is 0.814. The predicted molar refractivity (Wildman–Crippen MR) is 73.8 cm³/mol. The molecular formula is C11H11Br2NO4. The molecule has 1 aromatic rings. The van der Waals surface area contributed by atoms with Gasteiger partial charge in [0, 0.05) is 8.95 Å². The highest BCUT2D eigenvalue weighted by Crippen LogP contribution is 2.31. The van der Waals surface area contributed by atoms with Crippen molar-refractivity contribution in [3.63, 3.8) is 0 Å². The lowest BCUT2D eigenvalue weighted by atomic mass is 10.2. The van der Waals surface area contributed by atoms with Crippen LogP contribution in [0.4, 0.5) is 10.5 Å². The van der Waals surface area contributed by atoms with Crippen LogP contribution in [0.3, 0.4) is 0 Å². The molecule has 98 valence electrons. The summed E-state index contributed by atoms with van der Waals surface area (Å²) < 4.78 is 10.7. The molecule has 1 rings (SSSR count). The highest BCUT2D eigenvalue weighted by atomic mass is 79.9. The first-order chi connectivity index (χ1) is 8.49. The lowest BCUT2D eigenvalue weighted by molar-refractivity contribution is 0.0602. The van der Waals surface area contributed by atoms with Gasteiger partial charge in [-0.2, -0.15) is 0 Å². The van der Waals surface area contributed by atoms with Crippen molar-refractivity contribution in [1.82, 2.24) is 0 Å². The smallest absolute Gasteiger partial charge is 0.411 e. The van der Waals surface area contributed by atoms with Crippen molar-refractivity contribution in [3.05, 3.63) is 26.6 Å². The SMILES string of the molecule is CCOC(=O)Nc1c(Br)cc(Br)cc1C(=O)OC. The van der Waals surface area contributed by atoms with Crippen LogP contribution in [0.5, 0.6) is 0 Å². The van der Waals surface area contributed by atoms with E-state index in [-0.39, 0.29) is 12.2 Å². The maximum Gasteiger partial charge on any atom is 0.411 e. The summed E-state index contributed by atoms with van der Waals surface area (Å²) in [6.07, 6.45) is -0.634. The van der Waals surface area contributed by atoms with E-state index in [0.717, 1.165) is 0 Å². The highest BCUT2D eigenvalue weighted by molar-refractivity contribution is 9.11.